The van der Waals surface area contributed by atoms with Crippen LogP contribution in [0.25, 0.3) is 6.08 Å². The Kier molecular flexibility index (Phi) is 4.04. The molecule has 1 aromatic rings. The molecular formula is C9H6BrClO2S. The maximum Gasteiger partial charge on any atom is 0.341 e. The van der Waals surface area contributed by atoms with Gasteiger partial charge in [0.1, 0.15) is 0 Å². The Balaban J connectivity index is 3.09. The van der Waals surface area contributed by atoms with Gasteiger partial charge in [-0.1, -0.05) is 33.6 Å². The molecule has 0 radical (unpaired) electrons. The Hall–Kier alpha value is -0.450. The molecule has 14 heavy (non-hydrogen) atoms. The lowest BCUT2D eigenvalue weighted by Gasteiger charge is -1.99. The Morgan fingerprint density at radius 3 is 2.71 bits per heavy atom. The first kappa shape index (κ1) is 11.6. The summed E-state index contributed by atoms with van der Waals surface area (Å²) in [5.74, 6) is -1.08. The molecule has 0 heterocycles. The molecule has 0 saturated carbocycles. The van der Waals surface area contributed by atoms with E-state index in [2.05, 4.69) is 28.6 Å². The van der Waals surface area contributed by atoms with Gasteiger partial charge in [-0.25, -0.2) is 4.79 Å². The lowest BCUT2D eigenvalue weighted by Crippen LogP contribution is -1.93. The Morgan fingerprint density at radius 1 is 1.57 bits per heavy atom. The summed E-state index contributed by atoms with van der Waals surface area (Å²) in [6.07, 6.45) is 1.40. The fraction of sp³-hybridized carbons (Fsp3) is 0. The van der Waals surface area contributed by atoms with E-state index in [-0.39, 0.29) is 4.91 Å². The van der Waals surface area contributed by atoms with Gasteiger partial charge in [0.2, 0.25) is 0 Å². The van der Waals surface area contributed by atoms with Crippen molar-refractivity contribution in [2.75, 3.05) is 0 Å². The van der Waals surface area contributed by atoms with Crippen LogP contribution in [-0.4, -0.2) is 11.1 Å². The molecule has 1 aromatic carbocycles. The van der Waals surface area contributed by atoms with E-state index in [1.807, 2.05) is 0 Å². The fourth-order valence-corrected chi connectivity index (χ4v) is 1.69. The lowest BCUT2D eigenvalue weighted by molar-refractivity contribution is -0.131. The van der Waals surface area contributed by atoms with Gasteiger partial charge in [0.15, 0.2) is 0 Å². The smallest absolute Gasteiger partial charge is 0.341 e. The van der Waals surface area contributed by atoms with Crippen molar-refractivity contribution < 1.29 is 9.90 Å². The number of halogens is 2. The normalized spacial score (nSPS) is 11.5. The maximum absolute atomic E-state index is 10.5. The van der Waals surface area contributed by atoms with E-state index in [1.165, 1.54) is 6.08 Å². The molecular weight excluding hydrogens is 288 g/mol. The van der Waals surface area contributed by atoms with Crippen molar-refractivity contribution in [3.8, 4) is 0 Å². The molecule has 0 aliphatic heterocycles. The van der Waals surface area contributed by atoms with Gasteiger partial charge in [0, 0.05) is 9.50 Å². The summed E-state index contributed by atoms with van der Waals surface area (Å²) in [5, 5.41) is 9.07. The van der Waals surface area contributed by atoms with Crippen molar-refractivity contribution in [1.29, 1.82) is 0 Å². The SMILES string of the molecule is O=C(O)/C(S)=C/c1ccc(Br)cc1Cl. The van der Waals surface area contributed by atoms with Crippen LogP contribution in [0.2, 0.25) is 5.02 Å². The van der Waals surface area contributed by atoms with E-state index in [0.717, 1.165) is 4.47 Å². The number of carboxylic acids is 1. The van der Waals surface area contributed by atoms with Gasteiger partial charge in [0.05, 0.1) is 4.91 Å². The standard InChI is InChI=1S/C9H6BrClO2S/c10-6-2-1-5(7(11)4-6)3-8(14)9(12)13/h1-4,14H,(H,12,13)/b8-3-. The number of carboxylic acid groups (broad SMARTS) is 1. The third kappa shape index (κ3) is 3.04. The molecule has 0 atom stereocenters. The number of hydrogen-bond donors (Lipinski definition) is 2. The van der Waals surface area contributed by atoms with E-state index >= 15 is 0 Å². The predicted octanol–water partition coefficient (Wildman–Crippen LogP) is 3.46. The first-order chi connectivity index (χ1) is 6.50. The molecule has 1 rings (SSSR count). The number of aliphatic carboxylic acids is 1. The Bertz CT molecular complexity index is 404. The minimum atomic E-state index is -1.08. The van der Waals surface area contributed by atoms with Crippen molar-refractivity contribution in [1.82, 2.24) is 0 Å². The second kappa shape index (κ2) is 4.87. The summed E-state index contributed by atoms with van der Waals surface area (Å²) in [6.45, 7) is 0. The summed E-state index contributed by atoms with van der Waals surface area (Å²) in [7, 11) is 0. The monoisotopic (exact) mass is 292 g/mol. The zero-order chi connectivity index (χ0) is 10.7. The lowest BCUT2D eigenvalue weighted by atomic mass is 10.2. The van der Waals surface area contributed by atoms with Crippen molar-refractivity contribution in [3.63, 3.8) is 0 Å². The van der Waals surface area contributed by atoms with Crippen LogP contribution < -0.4 is 0 Å². The number of benzene rings is 1. The highest BCUT2D eigenvalue weighted by Gasteiger charge is 2.03. The van der Waals surface area contributed by atoms with E-state index in [1.54, 1.807) is 18.2 Å². The van der Waals surface area contributed by atoms with E-state index in [0.29, 0.717) is 10.6 Å². The predicted molar refractivity (Wildman–Crippen MR) is 63.8 cm³/mol. The number of rotatable bonds is 2. The Morgan fingerprint density at radius 2 is 2.21 bits per heavy atom. The molecule has 2 nitrogen and oxygen atoms in total. The molecule has 74 valence electrons. The van der Waals surface area contributed by atoms with Crippen LogP contribution in [0.3, 0.4) is 0 Å². The molecule has 0 saturated heterocycles. The van der Waals surface area contributed by atoms with Gasteiger partial charge in [-0.05, 0) is 23.8 Å². The first-order valence-corrected chi connectivity index (χ1v) is 5.21. The van der Waals surface area contributed by atoms with Crippen molar-refractivity contribution in [3.05, 3.63) is 38.2 Å². The summed E-state index contributed by atoms with van der Waals surface area (Å²) in [4.78, 5) is 10.4. The molecule has 0 amide bonds. The van der Waals surface area contributed by atoms with Gasteiger partial charge >= 0.3 is 5.97 Å². The molecule has 5 heteroatoms. The first-order valence-electron chi connectivity index (χ1n) is 3.59. The zero-order valence-electron chi connectivity index (χ0n) is 6.87. The Labute approximate surface area is 100 Å². The van der Waals surface area contributed by atoms with E-state index in [4.69, 9.17) is 16.7 Å². The van der Waals surface area contributed by atoms with Gasteiger partial charge in [-0.2, -0.15) is 0 Å². The van der Waals surface area contributed by atoms with Crippen LogP contribution in [0.1, 0.15) is 5.56 Å². The van der Waals surface area contributed by atoms with Crippen molar-refractivity contribution >= 4 is 52.2 Å². The molecule has 0 unspecified atom stereocenters. The van der Waals surface area contributed by atoms with Crippen LogP contribution in [0.15, 0.2) is 27.6 Å². The summed E-state index contributed by atoms with van der Waals surface area (Å²) in [6, 6.07) is 5.18. The van der Waals surface area contributed by atoms with Gasteiger partial charge < -0.3 is 5.11 Å². The minimum absolute atomic E-state index is 0.0470. The van der Waals surface area contributed by atoms with Crippen molar-refractivity contribution in [2.45, 2.75) is 0 Å². The third-order valence-corrected chi connectivity index (χ3v) is 2.61. The van der Waals surface area contributed by atoms with E-state index in [9.17, 15) is 4.79 Å². The zero-order valence-corrected chi connectivity index (χ0v) is 10.1. The third-order valence-electron chi connectivity index (χ3n) is 1.47. The summed E-state index contributed by atoms with van der Waals surface area (Å²) >= 11 is 12.9. The van der Waals surface area contributed by atoms with Gasteiger partial charge in [-0.15, -0.1) is 12.6 Å². The highest BCUT2D eigenvalue weighted by molar-refractivity contribution is 9.10. The van der Waals surface area contributed by atoms with E-state index < -0.39 is 5.97 Å². The number of carbonyl (C=O) groups is 1. The minimum Gasteiger partial charge on any atom is -0.477 e. The van der Waals surface area contributed by atoms with Crippen LogP contribution >= 0.6 is 40.2 Å². The molecule has 1 N–H and O–H groups in total. The summed E-state index contributed by atoms with van der Waals surface area (Å²) < 4.78 is 0.843. The maximum atomic E-state index is 10.5. The average Bonchev–Trinajstić information content (AvgIpc) is 2.09. The highest BCUT2D eigenvalue weighted by atomic mass is 79.9. The average molecular weight is 294 g/mol. The van der Waals surface area contributed by atoms with Crippen molar-refractivity contribution in [2.24, 2.45) is 0 Å². The van der Waals surface area contributed by atoms with Crippen LogP contribution in [0, 0.1) is 0 Å². The molecule has 0 spiro atoms. The highest BCUT2D eigenvalue weighted by Crippen LogP contribution is 2.23. The second-order valence-corrected chi connectivity index (χ2v) is 4.31. The fourth-order valence-electron chi connectivity index (χ4n) is 0.828. The quantitative estimate of drug-likeness (QED) is 0.647. The molecule has 0 bridgehead atoms. The van der Waals surface area contributed by atoms with Gasteiger partial charge in [-0.3, -0.25) is 0 Å². The number of hydrogen-bond acceptors (Lipinski definition) is 2. The largest absolute Gasteiger partial charge is 0.477 e. The topological polar surface area (TPSA) is 37.3 Å². The summed E-state index contributed by atoms with van der Waals surface area (Å²) in [5.41, 5.74) is 0.627. The number of thiol groups is 1. The van der Waals surface area contributed by atoms with Gasteiger partial charge in [0.25, 0.3) is 0 Å². The molecule has 0 aromatic heterocycles. The van der Waals surface area contributed by atoms with Crippen LogP contribution in [0.4, 0.5) is 0 Å². The second-order valence-electron chi connectivity index (χ2n) is 2.50. The van der Waals surface area contributed by atoms with Crippen LogP contribution in [-0.2, 0) is 4.79 Å². The molecule has 0 aliphatic rings. The van der Waals surface area contributed by atoms with Crippen LogP contribution in [0.5, 0.6) is 0 Å². The molecule has 0 aliphatic carbocycles. The molecule has 0 fully saturated rings.